The van der Waals surface area contributed by atoms with E-state index in [1.54, 1.807) is 0 Å². The largest absolute Gasteiger partial charge is 0.390 e. The SMILES string of the molecule is Cc1c(F)cc([C@H]2C[C@@]3(C)[C@@H](CC[C@]3(C)O)[C@@H]3CCC4=CC(=O)CC[C@@H]4[C@H]32)cc1F. The summed E-state index contributed by atoms with van der Waals surface area (Å²) in [6.07, 6.45) is 7.76. The highest BCUT2D eigenvalue weighted by molar-refractivity contribution is 5.91. The molecule has 0 bridgehead atoms. The van der Waals surface area contributed by atoms with E-state index in [4.69, 9.17) is 0 Å². The fourth-order valence-corrected chi connectivity index (χ4v) is 7.75. The van der Waals surface area contributed by atoms with Crippen molar-refractivity contribution in [2.45, 2.75) is 77.2 Å². The van der Waals surface area contributed by atoms with Crippen molar-refractivity contribution in [3.8, 4) is 0 Å². The van der Waals surface area contributed by atoms with Crippen molar-refractivity contribution >= 4 is 5.78 Å². The zero-order chi connectivity index (χ0) is 21.4. The maximum atomic E-state index is 14.6. The van der Waals surface area contributed by atoms with E-state index in [1.807, 2.05) is 13.0 Å². The molecule has 0 saturated heterocycles. The Bertz CT molecular complexity index is 910. The Morgan fingerprint density at radius 3 is 2.43 bits per heavy atom. The van der Waals surface area contributed by atoms with Crippen molar-refractivity contribution in [2.24, 2.45) is 29.1 Å². The number of hydrogen-bond acceptors (Lipinski definition) is 2. The van der Waals surface area contributed by atoms with E-state index in [-0.39, 0.29) is 28.6 Å². The number of aliphatic hydroxyl groups is 1. The maximum absolute atomic E-state index is 14.6. The Balaban J connectivity index is 1.64. The molecule has 30 heavy (non-hydrogen) atoms. The summed E-state index contributed by atoms with van der Waals surface area (Å²) in [5, 5.41) is 11.3. The molecular weight excluding hydrogens is 382 g/mol. The fraction of sp³-hybridized carbons (Fsp3) is 0.654. The highest BCUT2D eigenvalue weighted by Crippen LogP contribution is 2.68. The minimum atomic E-state index is -0.763. The molecule has 2 nitrogen and oxygen atoms in total. The first-order chi connectivity index (χ1) is 14.1. The first-order valence-corrected chi connectivity index (χ1v) is 11.5. The first kappa shape index (κ1) is 20.4. The van der Waals surface area contributed by atoms with Crippen molar-refractivity contribution in [3.63, 3.8) is 0 Å². The number of rotatable bonds is 1. The van der Waals surface area contributed by atoms with Gasteiger partial charge in [-0.15, -0.1) is 0 Å². The van der Waals surface area contributed by atoms with Gasteiger partial charge in [-0.1, -0.05) is 12.5 Å². The Morgan fingerprint density at radius 2 is 1.73 bits per heavy atom. The molecule has 3 saturated carbocycles. The highest BCUT2D eigenvalue weighted by atomic mass is 19.1. The van der Waals surface area contributed by atoms with Gasteiger partial charge in [0.2, 0.25) is 0 Å². The van der Waals surface area contributed by atoms with Crippen LogP contribution in [0.3, 0.4) is 0 Å². The molecule has 0 radical (unpaired) electrons. The molecule has 0 spiro atoms. The minimum Gasteiger partial charge on any atom is -0.390 e. The number of ketones is 1. The normalized spacial score (nSPS) is 42.9. The van der Waals surface area contributed by atoms with Crippen LogP contribution in [0.4, 0.5) is 8.78 Å². The summed E-state index contributed by atoms with van der Waals surface area (Å²) in [6, 6.07) is 3.05. The summed E-state index contributed by atoms with van der Waals surface area (Å²) in [7, 11) is 0. The molecule has 1 N–H and O–H groups in total. The molecule has 1 aromatic carbocycles. The quantitative estimate of drug-likeness (QED) is 0.625. The molecule has 5 rings (SSSR count). The topological polar surface area (TPSA) is 37.3 Å². The van der Waals surface area contributed by atoms with Crippen molar-refractivity contribution in [1.29, 1.82) is 0 Å². The van der Waals surface area contributed by atoms with Crippen molar-refractivity contribution in [1.82, 2.24) is 0 Å². The van der Waals surface area contributed by atoms with E-state index in [9.17, 15) is 18.7 Å². The lowest BCUT2D eigenvalue weighted by Gasteiger charge is -2.58. The lowest BCUT2D eigenvalue weighted by atomic mass is 9.47. The summed E-state index contributed by atoms with van der Waals surface area (Å²) >= 11 is 0. The molecule has 1 aromatic rings. The van der Waals surface area contributed by atoms with Gasteiger partial charge in [-0.3, -0.25) is 4.79 Å². The van der Waals surface area contributed by atoms with Crippen LogP contribution in [-0.4, -0.2) is 16.5 Å². The predicted octanol–water partition coefficient (Wildman–Crippen LogP) is 5.86. The zero-order valence-corrected chi connectivity index (χ0v) is 18.2. The lowest BCUT2D eigenvalue weighted by molar-refractivity contribution is -0.120. The fourth-order valence-electron chi connectivity index (χ4n) is 7.75. The van der Waals surface area contributed by atoms with Gasteiger partial charge >= 0.3 is 0 Å². The van der Waals surface area contributed by atoms with Crippen LogP contribution in [0, 0.1) is 47.6 Å². The Hall–Kier alpha value is -1.55. The third-order valence-corrected chi connectivity index (χ3v) is 9.60. The highest BCUT2D eigenvalue weighted by Gasteiger charge is 2.63. The number of halogens is 2. The number of carbonyl (C=O) groups is 1. The second kappa shape index (κ2) is 6.72. The smallest absolute Gasteiger partial charge is 0.155 e. The van der Waals surface area contributed by atoms with Crippen molar-refractivity contribution < 1.29 is 18.7 Å². The maximum Gasteiger partial charge on any atom is 0.155 e. The second-order valence-corrected chi connectivity index (χ2v) is 10.9. The van der Waals surface area contributed by atoms with Crippen LogP contribution < -0.4 is 0 Å². The first-order valence-electron chi connectivity index (χ1n) is 11.5. The van der Waals surface area contributed by atoms with Crippen LogP contribution in [-0.2, 0) is 4.79 Å². The Morgan fingerprint density at radius 1 is 1.03 bits per heavy atom. The molecule has 0 aliphatic heterocycles. The number of carbonyl (C=O) groups excluding carboxylic acids is 1. The van der Waals surface area contributed by atoms with Gasteiger partial charge in [0.1, 0.15) is 11.6 Å². The average Bonchev–Trinajstić information content (AvgIpc) is 2.93. The van der Waals surface area contributed by atoms with Crippen molar-refractivity contribution in [3.05, 3.63) is 46.5 Å². The summed E-state index contributed by atoms with van der Waals surface area (Å²) in [6.45, 7) is 5.63. The van der Waals surface area contributed by atoms with Crippen LogP contribution in [0.2, 0.25) is 0 Å². The molecule has 4 aliphatic rings. The standard InChI is InChI=1S/C26H32F2O2/c1-14-22(27)11-16(12-23(14)28)20-13-25(2)21(8-9-26(25,3)30)19-6-4-15-10-17(29)5-7-18(15)24(19)20/h10-12,18-21,24,30H,4-9,13H2,1-3H3/t18-,19-,20+,21-,24+,25-,26-/m0/s1. The third kappa shape index (κ3) is 2.78. The van der Waals surface area contributed by atoms with E-state index in [2.05, 4.69) is 6.92 Å². The lowest BCUT2D eigenvalue weighted by Crippen LogP contribution is -2.54. The van der Waals surface area contributed by atoms with E-state index in [0.29, 0.717) is 24.2 Å². The summed E-state index contributed by atoms with van der Waals surface area (Å²) in [4.78, 5) is 12.1. The molecule has 0 aromatic heterocycles. The van der Waals surface area contributed by atoms with Gasteiger partial charge in [-0.25, -0.2) is 8.78 Å². The molecule has 0 unspecified atom stereocenters. The molecule has 7 atom stereocenters. The van der Waals surface area contributed by atoms with Crippen LogP contribution >= 0.6 is 0 Å². The van der Waals surface area contributed by atoms with E-state index >= 15 is 0 Å². The molecule has 0 heterocycles. The predicted molar refractivity (Wildman–Crippen MR) is 112 cm³/mol. The second-order valence-electron chi connectivity index (χ2n) is 10.9. The number of allylic oxidation sites excluding steroid dienone is 1. The Kier molecular flexibility index (Phi) is 4.56. The average molecular weight is 415 g/mol. The molecule has 0 amide bonds. The molecule has 162 valence electrons. The van der Waals surface area contributed by atoms with E-state index < -0.39 is 17.2 Å². The molecule has 4 aliphatic carbocycles. The van der Waals surface area contributed by atoms with Crippen LogP contribution in [0.25, 0.3) is 0 Å². The zero-order valence-electron chi connectivity index (χ0n) is 18.2. The molecular formula is C26H32F2O2. The summed E-state index contributed by atoms with van der Waals surface area (Å²) in [5.41, 5.74) is 1.02. The van der Waals surface area contributed by atoms with Crippen LogP contribution in [0.5, 0.6) is 0 Å². The molecule has 4 heteroatoms. The summed E-state index contributed by atoms with van der Waals surface area (Å²) in [5.74, 6) is 0.675. The van der Waals surface area contributed by atoms with Crippen LogP contribution in [0.15, 0.2) is 23.8 Å². The van der Waals surface area contributed by atoms with Gasteiger partial charge < -0.3 is 5.11 Å². The van der Waals surface area contributed by atoms with Gasteiger partial charge in [0.15, 0.2) is 5.78 Å². The van der Waals surface area contributed by atoms with Gasteiger partial charge in [0.25, 0.3) is 0 Å². The summed E-state index contributed by atoms with van der Waals surface area (Å²) < 4.78 is 29.1. The van der Waals surface area contributed by atoms with E-state index in [0.717, 1.165) is 44.1 Å². The minimum absolute atomic E-state index is 0.00710. The van der Waals surface area contributed by atoms with Gasteiger partial charge in [-0.05, 0) is 111 Å². The number of benzene rings is 1. The van der Waals surface area contributed by atoms with Gasteiger partial charge in [-0.2, -0.15) is 0 Å². The third-order valence-electron chi connectivity index (χ3n) is 9.60. The van der Waals surface area contributed by atoms with Gasteiger partial charge in [0, 0.05) is 12.0 Å². The van der Waals surface area contributed by atoms with E-state index in [1.165, 1.54) is 24.6 Å². The van der Waals surface area contributed by atoms with Crippen molar-refractivity contribution in [2.75, 3.05) is 0 Å². The monoisotopic (exact) mass is 414 g/mol. The number of fused-ring (bicyclic) bond motifs is 5. The van der Waals surface area contributed by atoms with Crippen LogP contribution in [0.1, 0.15) is 75.8 Å². The van der Waals surface area contributed by atoms with Gasteiger partial charge in [0.05, 0.1) is 5.60 Å². The Labute approximate surface area is 177 Å². The molecule has 3 fully saturated rings. The number of hydrogen-bond donors (Lipinski definition) is 1.